The average molecular weight is 152 g/mol. The van der Waals surface area contributed by atoms with Gasteiger partial charge >= 0.3 is 0 Å². The molecule has 0 aromatic rings. The van der Waals surface area contributed by atoms with Crippen LogP contribution < -0.4 is 0 Å². The van der Waals surface area contributed by atoms with Gasteiger partial charge in [0.1, 0.15) is 0 Å². The highest BCUT2D eigenvalue weighted by Crippen LogP contribution is 2.04. The largest absolute Gasteiger partial charge is 0.285 e. The second-order valence-corrected chi connectivity index (χ2v) is 3.95. The molecule has 0 aliphatic rings. The van der Waals surface area contributed by atoms with E-state index in [0.29, 0.717) is 6.42 Å². The van der Waals surface area contributed by atoms with E-state index in [1.165, 1.54) is 6.92 Å². The van der Waals surface area contributed by atoms with E-state index in [1.54, 1.807) is 0 Å². The lowest BCUT2D eigenvalue weighted by molar-refractivity contribution is 0.465. The summed E-state index contributed by atoms with van der Waals surface area (Å²) in [6.45, 7) is 3.38. The zero-order valence-corrected chi connectivity index (χ0v) is 6.48. The highest BCUT2D eigenvalue weighted by molar-refractivity contribution is 7.86. The van der Waals surface area contributed by atoms with Gasteiger partial charge in [-0.2, -0.15) is 8.42 Å². The van der Waals surface area contributed by atoms with Crippen LogP contribution in [0.1, 0.15) is 26.7 Å². The van der Waals surface area contributed by atoms with Crippen molar-refractivity contribution >= 4 is 10.1 Å². The molecule has 0 saturated carbocycles. The lowest BCUT2D eigenvalue weighted by atomic mass is 10.3. The standard InChI is InChI=1S/C5H12O3S/c1-3-4-5(2)9(6,7)8/h5H,3-4H2,1-2H3,(H,6,7,8)/t5-/m0/s1. The Bertz CT molecular complexity index is 159. The van der Waals surface area contributed by atoms with Crippen LogP contribution in [0.15, 0.2) is 0 Å². The Hall–Kier alpha value is -0.0900. The molecule has 0 aliphatic carbocycles. The summed E-state index contributed by atoms with van der Waals surface area (Å²) in [7, 11) is -3.76. The average Bonchev–Trinajstić information content (AvgIpc) is 1.64. The molecule has 56 valence electrons. The van der Waals surface area contributed by atoms with Crippen LogP contribution in [0.5, 0.6) is 0 Å². The van der Waals surface area contributed by atoms with Crippen molar-refractivity contribution in [1.82, 2.24) is 0 Å². The molecule has 0 heterocycles. The second-order valence-electron chi connectivity index (χ2n) is 2.11. The van der Waals surface area contributed by atoms with E-state index in [2.05, 4.69) is 0 Å². The van der Waals surface area contributed by atoms with Crippen molar-refractivity contribution in [1.29, 1.82) is 0 Å². The van der Waals surface area contributed by atoms with E-state index in [4.69, 9.17) is 4.55 Å². The highest BCUT2D eigenvalue weighted by atomic mass is 32.2. The summed E-state index contributed by atoms with van der Waals surface area (Å²) in [5.41, 5.74) is 0. The predicted octanol–water partition coefficient (Wildman–Crippen LogP) is 1.06. The van der Waals surface area contributed by atoms with Crippen LogP contribution >= 0.6 is 0 Å². The third kappa shape index (κ3) is 3.48. The molecule has 0 unspecified atom stereocenters. The molecule has 0 fully saturated rings. The maximum Gasteiger partial charge on any atom is 0.267 e. The number of hydrogen-bond donors (Lipinski definition) is 1. The van der Waals surface area contributed by atoms with Crippen molar-refractivity contribution in [3.8, 4) is 0 Å². The van der Waals surface area contributed by atoms with E-state index >= 15 is 0 Å². The molecule has 3 nitrogen and oxygen atoms in total. The van der Waals surface area contributed by atoms with Crippen molar-refractivity contribution < 1.29 is 13.0 Å². The topological polar surface area (TPSA) is 54.4 Å². The fourth-order valence-electron chi connectivity index (χ4n) is 0.555. The van der Waals surface area contributed by atoms with Crippen LogP contribution in [-0.2, 0) is 10.1 Å². The summed E-state index contributed by atoms with van der Waals surface area (Å²) in [5, 5.41) is -0.609. The van der Waals surface area contributed by atoms with Gasteiger partial charge in [-0.25, -0.2) is 0 Å². The molecule has 0 radical (unpaired) electrons. The summed E-state index contributed by atoms with van der Waals surface area (Å²) >= 11 is 0. The lowest BCUT2D eigenvalue weighted by Crippen LogP contribution is -2.15. The molecule has 0 rings (SSSR count). The molecule has 4 heteroatoms. The Morgan fingerprint density at radius 3 is 2.11 bits per heavy atom. The van der Waals surface area contributed by atoms with E-state index in [1.807, 2.05) is 6.92 Å². The molecular weight excluding hydrogens is 140 g/mol. The number of hydrogen-bond acceptors (Lipinski definition) is 2. The number of rotatable bonds is 3. The van der Waals surface area contributed by atoms with Gasteiger partial charge in [0.15, 0.2) is 0 Å². The SMILES string of the molecule is CCC[C@H](C)S(=O)(=O)O. The van der Waals surface area contributed by atoms with Gasteiger partial charge in [0.2, 0.25) is 0 Å². The molecule has 0 aliphatic heterocycles. The highest BCUT2D eigenvalue weighted by Gasteiger charge is 2.14. The van der Waals surface area contributed by atoms with E-state index < -0.39 is 15.4 Å². The summed E-state index contributed by atoms with van der Waals surface area (Å²) in [6.07, 6.45) is 1.31. The molecule has 0 bridgehead atoms. The normalized spacial score (nSPS) is 15.4. The molecule has 0 aromatic heterocycles. The first-order valence-corrected chi connectivity index (χ1v) is 4.45. The third-order valence-corrected chi connectivity index (χ3v) is 2.46. The molecule has 9 heavy (non-hydrogen) atoms. The maximum atomic E-state index is 10.3. The Morgan fingerprint density at radius 1 is 1.56 bits per heavy atom. The van der Waals surface area contributed by atoms with Crippen molar-refractivity contribution in [3.63, 3.8) is 0 Å². The quantitative estimate of drug-likeness (QED) is 0.615. The Kier molecular flexibility index (Phi) is 3.14. The summed E-state index contributed by atoms with van der Waals surface area (Å²) < 4.78 is 28.9. The zero-order valence-electron chi connectivity index (χ0n) is 5.66. The van der Waals surface area contributed by atoms with Crippen LogP contribution in [-0.4, -0.2) is 18.2 Å². The van der Waals surface area contributed by atoms with E-state index in [-0.39, 0.29) is 0 Å². The van der Waals surface area contributed by atoms with Crippen molar-refractivity contribution in [2.45, 2.75) is 31.9 Å². The summed E-state index contributed by atoms with van der Waals surface area (Å²) in [6, 6.07) is 0. The predicted molar refractivity (Wildman–Crippen MR) is 35.9 cm³/mol. The monoisotopic (exact) mass is 152 g/mol. The van der Waals surface area contributed by atoms with Crippen molar-refractivity contribution in [2.24, 2.45) is 0 Å². The lowest BCUT2D eigenvalue weighted by Gasteiger charge is -2.03. The molecule has 0 saturated heterocycles. The van der Waals surface area contributed by atoms with Crippen LogP contribution in [0.25, 0.3) is 0 Å². The van der Waals surface area contributed by atoms with Gasteiger partial charge in [-0.05, 0) is 13.3 Å². The van der Waals surface area contributed by atoms with Gasteiger partial charge < -0.3 is 0 Å². The first-order valence-electron chi connectivity index (χ1n) is 2.94. The first kappa shape index (κ1) is 8.91. The molecule has 0 aromatic carbocycles. The molecule has 1 atom stereocenters. The van der Waals surface area contributed by atoms with Gasteiger partial charge in [-0.1, -0.05) is 13.3 Å². The summed E-state index contributed by atoms with van der Waals surface area (Å²) in [5.74, 6) is 0. The molecule has 1 N–H and O–H groups in total. The minimum atomic E-state index is -3.76. The molecular formula is C5H12O3S. The van der Waals surface area contributed by atoms with Crippen LogP contribution in [0.4, 0.5) is 0 Å². The van der Waals surface area contributed by atoms with Crippen LogP contribution in [0.2, 0.25) is 0 Å². The molecule has 0 amide bonds. The summed E-state index contributed by atoms with van der Waals surface area (Å²) in [4.78, 5) is 0. The van der Waals surface area contributed by atoms with Crippen molar-refractivity contribution in [3.05, 3.63) is 0 Å². The minimum absolute atomic E-state index is 0.527. The Morgan fingerprint density at radius 2 is 2.00 bits per heavy atom. The van der Waals surface area contributed by atoms with Crippen LogP contribution in [0.3, 0.4) is 0 Å². The fourth-order valence-corrected chi connectivity index (χ4v) is 1.09. The minimum Gasteiger partial charge on any atom is -0.285 e. The van der Waals surface area contributed by atoms with Crippen molar-refractivity contribution in [2.75, 3.05) is 0 Å². The molecule has 0 spiro atoms. The zero-order chi connectivity index (χ0) is 7.49. The smallest absolute Gasteiger partial charge is 0.267 e. The van der Waals surface area contributed by atoms with E-state index in [9.17, 15) is 8.42 Å². The van der Waals surface area contributed by atoms with Gasteiger partial charge in [-0.3, -0.25) is 4.55 Å². The second kappa shape index (κ2) is 3.17. The van der Waals surface area contributed by atoms with Gasteiger partial charge in [-0.15, -0.1) is 0 Å². The van der Waals surface area contributed by atoms with E-state index in [0.717, 1.165) is 6.42 Å². The van der Waals surface area contributed by atoms with Gasteiger partial charge in [0.05, 0.1) is 5.25 Å². The van der Waals surface area contributed by atoms with Gasteiger partial charge in [0.25, 0.3) is 10.1 Å². The fraction of sp³-hybridized carbons (Fsp3) is 1.00. The maximum absolute atomic E-state index is 10.3. The first-order chi connectivity index (χ1) is 3.98. The third-order valence-electron chi connectivity index (χ3n) is 1.20. The Labute approximate surface area is 55.8 Å². The van der Waals surface area contributed by atoms with Crippen LogP contribution in [0, 0.1) is 0 Å². The van der Waals surface area contributed by atoms with Gasteiger partial charge in [0, 0.05) is 0 Å². The Balaban J connectivity index is 3.90.